The van der Waals surface area contributed by atoms with Gasteiger partial charge in [0, 0.05) is 19.3 Å². The minimum Gasteiger partial charge on any atom is -0.508 e. The smallest absolute Gasteiger partial charge is 0.326 e. The highest BCUT2D eigenvalue weighted by Gasteiger charge is 2.31. The molecule has 5 unspecified atom stereocenters. The fourth-order valence-electron chi connectivity index (χ4n) is 4.24. The number of rotatable bonds is 14. The lowest BCUT2D eigenvalue weighted by molar-refractivity contribution is -0.142. The van der Waals surface area contributed by atoms with E-state index in [0.29, 0.717) is 16.7 Å². The number of carbonyl (C=O) groups excluding carboxylic acids is 3. The van der Waals surface area contributed by atoms with Gasteiger partial charge in [-0.15, -0.1) is 0 Å². The second kappa shape index (κ2) is 15.3. The lowest BCUT2D eigenvalue weighted by atomic mass is 10.0. The summed E-state index contributed by atoms with van der Waals surface area (Å²) in [6.45, 7) is 1.34. The number of hydrogen-bond acceptors (Lipinski definition) is 8. The van der Waals surface area contributed by atoms with Crippen LogP contribution in [0, 0.1) is 0 Å². The molecule has 0 heterocycles. The van der Waals surface area contributed by atoms with Gasteiger partial charge in [-0.25, -0.2) is 4.79 Å². The normalized spacial score (nSPS) is 14.4. The first-order chi connectivity index (χ1) is 20.4. The van der Waals surface area contributed by atoms with Gasteiger partial charge in [0.1, 0.15) is 35.7 Å². The number of phenolic OH excluding ortho intramolecular Hbond substituents is 2. The summed E-state index contributed by atoms with van der Waals surface area (Å²) in [5.41, 5.74) is 7.58. The predicted molar refractivity (Wildman–Crippen MR) is 157 cm³/mol. The Morgan fingerprint density at radius 2 is 1.00 bits per heavy atom. The molecule has 3 aromatic rings. The molecular weight excluding hydrogens is 556 g/mol. The molecule has 0 aromatic heterocycles. The van der Waals surface area contributed by atoms with E-state index in [2.05, 4.69) is 16.0 Å². The third-order valence-electron chi connectivity index (χ3n) is 6.74. The van der Waals surface area contributed by atoms with Gasteiger partial charge in [-0.3, -0.25) is 14.4 Å². The number of aliphatic carboxylic acids is 1. The summed E-state index contributed by atoms with van der Waals surface area (Å²) in [5.74, 6) is -3.61. The SMILES string of the molecule is CC(O)C(N)C(=O)NC(Cc1ccccc1)C(=O)NC(Cc1ccc(O)cc1)C(=O)NC(Cc1ccc(O)cc1)C(=O)O. The van der Waals surface area contributed by atoms with Crippen LogP contribution in [0.1, 0.15) is 23.6 Å². The molecule has 5 atom stereocenters. The van der Waals surface area contributed by atoms with E-state index in [0.717, 1.165) is 0 Å². The molecule has 3 rings (SSSR count). The Morgan fingerprint density at radius 1 is 0.628 bits per heavy atom. The molecule has 0 spiro atoms. The molecule has 0 aliphatic carbocycles. The Bertz CT molecular complexity index is 1380. The van der Waals surface area contributed by atoms with Crippen molar-refractivity contribution in [2.45, 2.75) is 56.5 Å². The average Bonchev–Trinajstić information content (AvgIpc) is 2.98. The standard InChI is InChI=1S/C31H36N4O8/c1-18(36)27(32)30(41)34-25(15-19-5-3-2-4-6-19)28(39)33-24(16-20-7-11-22(37)12-8-20)29(40)35-26(31(42)43)17-21-9-13-23(38)14-10-21/h2-14,18,24-27,36-38H,15-17,32H2,1H3,(H,33,39)(H,34,41)(H,35,40)(H,42,43). The number of aromatic hydroxyl groups is 2. The molecule has 0 fully saturated rings. The van der Waals surface area contributed by atoms with Crippen molar-refractivity contribution in [2.24, 2.45) is 5.73 Å². The van der Waals surface area contributed by atoms with Crippen molar-refractivity contribution >= 4 is 23.7 Å². The number of carboxylic acid groups (broad SMARTS) is 1. The third kappa shape index (κ3) is 10.1. The van der Waals surface area contributed by atoms with E-state index in [1.165, 1.54) is 43.3 Å². The topological polar surface area (TPSA) is 211 Å². The van der Waals surface area contributed by atoms with Crippen molar-refractivity contribution in [3.05, 3.63) is 95.6 Å². The molecule has 0 radical (unpaired) electrons. The van der Waals surface area contributed by atoms with E-state index in [1.54, 1.807) is 42.5 Å². The molecule has 3 aromatic carbocycles. The summed E-state index contributed by atoms with van der Waals surface area (Å²) in [4.78, 5) is 51.8. The first kappa shape index (κ1) is 32.6. The summed E-state index contributed by atoms with van der Waals surface area (Å²) in [6, 6.07) is 15.5. The average molecular weight is 593 g/mol. The molecule has 0 aliphatic rings. The van der Waals surface area contributed by atoms with Crippen LogP contribution in [0.25, 0.3) is 0 Å². The van der Waals surface area contributed by atoms with Gasteiger partial charge in [-0.1, -0.05) is 54.6 Å². The maximum atomic E-state index is 13.6. The van der Waals surface area contributed by atoms with Crippen LogP contribution in [0.4, 0.5) is 0 Å². The zero-order valence-corrected chi connectivity index (χ0v) is 23.5. The fraction of sp³-hybridized carbons (Fsp3) is 0.290. The van der Waals surface area contributed by atoms with Crippen LogP contribution in [0.15, 0.2) is 78.9 Å². The minimum absolute atomic E-state index is 0.00267. The number of nitrogens with two attached hydrogens (primary N) is 1. The number of amides is 3. The molecule has 228 valence electrons. The fourth-order valence-corrected chi connectivity index (χ4v) is 4.24. The van der Waals surface area contributed by atoms with Crippen molar-refractivity contribution < 1.29 is 39.6 Å². The van der Waals surface area contributed by atoms with Crippen LogP contribution in [0.3, 0.4) is 0 Å². The number of aliphatic hydroxyl groups excluding tert-OH is 1. The Labute approximate surface area is 248 Å². The summed E-state index contributed by atoms with van der Waals surface area (Å²) >= 11 is 0. The van der Waals surface area contributed by atoms with Crippen molar-refractivity contribution in [3.8, 4) is 11.5 Å². The van der Waals surface area contributed by atoms with Crippen LogP contribution in [-0.2, 0) is 38.4 Å². The van der Waals surface area contributed by atoms with Gasteiger partial charge in [0.2, 0.25) is 17.7 Å². The number of hydrogen-bond donors (Lipinski definition) is 8. The first-order valence-corrected chi connectivity index (χ1v) is 13.6. The molecule has 12 heteroatoms. The van der Waals surface area contributed by atoms with Crippen molar-refractivity contribution in [2.75, 3.05) is 0 Å². The molecule has 0 saturated carbocycles. The van der Waals surface area contributed by atoms with Gasteiger partial charge >= 0.3 is 5.97 Å². The number of phenols is 2. The molecule has 0 saturated heterocycles. The lowest BCUT2D eigenvalue weighted by Gasteiger charge is -2.26. The Hall–Kier alpha value is -4.94. The second-order valence-electron chi connectivity index (χ2n) is 10.2. The van der Waals surface area contributed by atoms with Crippen LogP contribution in [0.2, 0.25) is 0 Å². The van der Waals surface area contributed by atoms with Gasteiger partial charge in [0.25, 0.3) is 0 Å². The summed E-state index contributed by atoms with van der Waals surface area (Å²) in [5, 5.41) is 46.4. The van der Waals surface area contributed by atoms with Crippen molar-refractivity contribution in [1.82, 2.24) is 16.0 Å². The van der Waals surface area contributed by atoms with Crippen molar-refractivity contribution in [3.63, 3.8) is 0 Å². The van der Waals surface area contributed by atoms with E-state index >= 15 is 0 Å². The predicted octanol–water partition coefficient (Wildman–Crippen LogP) is 0.373. The zero-order chi connectivity index (χ0) is 31.5. The molecule has 9 N–H and O–H groups in total. The Morgan fingerprint density at radius 3 is 1.42 bits per heavy atom. The number of carbonyl (C=O) groups is 4. The van der Waals surface area contributed by atoms with Crippen LogP contribution in [-0.4, -0.2) is 74.4 Å². The van der Waals surface area contributed by atoms with Crippen LogP contribution >= 0.6 is 0 Å². The molecule has 43 heavy (non-hydrogen) atoms. The van der Waals surface area contributed by atoms with Crippen molar-refractivity contribution in [1.29, 1.82) is 0 Å². The quantitative estimate of drug-likeness (QED) is 0.130. The summed E-state index contributed by atoms with van der Waals surface area (Å²) < 4.78 is 0. The number of benzene rings is 3. The molecule has 0 aliphatic heterocycles. The van der Waals surface area contributed by atoms with Gasteiger partial charge in [0.15, 0.2) is 0 Å². The third-order valence-corrected chi connectivity index (χ3v) is 6.74. The van der Waals surface area contributed by atoms with E-state index in [1.807, 2.05) is 0 Å². The van der Waals surface area contributed by atoms with E-state index in [9.17, 15) is 39.6 Å². The van der Waals surface area contributed by atoms with Crippen LogP contribution < -0.4 is 21.7 Å². The molecule has 12 nitrogen and oxygen atoms in total. The minimum atomic E-state index is -1.36. The number of aliphatic hydroxyl groups is 1. The van der Waals surface area contributed by atoms with E-state index < -0.39 is 54.0 Å². The Balaban J connectivity index is 1.86. The highest BCUT2D eigenvalue weighted by Crippen LogP contribution is 2.14. The number of carboxylic acids is 1. The zero-order valence-electron chi connectivity index (χ0n) is 23.5. The van der Waals surface area contributed by atoms with E-state index in [4.69, 9.17) is 5.73 Å². The summed E-state index contributed by atoms with van der Waals surface area (Å²) in [7, 11) is 0. The van der Waals surface area contributed by atoms with Gasteiger partial charge in [-0.05, 0) is 47.9 Å². The van der Waals surface area contributed by atoms with Gasteiger partial charge in [0.05, 0.1) is 6.10 Å². The van der Waals surface area contributed by atoms with Crippen LogP contribution in [0.5, 0.6) is 11.5 Å². The second-order valence-corrected chi connectivity index (χ2v) is 10.2. The highest BCUT2D eigenvalue weighted by atomic mass is 16.4. The van der Waals surface area contributed by atoms with Gasteiger partial charge < -0.3 is 42.1 Å². The maximum Gasteiger partial charge on any atom is 0.326 e. The molecular formula is C31H36N4O8. The monoisotopic (exact) mass is 592 g/mol. The number of nitrogens with one attached hydrogen (secondary N) is 3. The van der Waals surface area contributed by atoms with Gasteiger partial charge in [-0.2, -0.15) is 0 Å². The first-order valence-electron chi connectivity index (χ1n) is 13.6. The molecule has 3 amide bonds. The largest absolute Gasteiger partial charge is 0.508 e. The van der Waals surface area contributed by atoms with E-state index in [-0.39, 0.29) is 30.8 Å². The lowest BCUT2D eigenvalue weighted by Crippen LogP contribution is -2.59. The highest BCUT2D eigenvalue weighted by molar-refractivity contribution is 5.94. The summed E-state index contributed by atoms with van der Waals surface area (Å²) in [6.07, 6.45) is -1.31. The Kier molecular flexibility index (Phi) is 11.6. The maximum absolute atomic E-state index is 13.6. The molecule has 0 bridgehead atoms.